The molecule has 0 radical (unpaired) electrons. The zero-order valence-electron chi connectivity index (χ0n) is 12.2. The summed E-state index contributed by atoms with van der Waals surface area (Å²) in [6.07, 6.45) is 0. The quantitative estimate of drug-likeness (QED) is 0.319. The Balaban J connectivity index is 0. The van der Waals surface area contributed by atoms with Crippen LogP contribution in [-0.2, 0) is 19.4 Å². The van der Waals surface area contributed by atoms with E-state index in [1.165, 1.54) is 6.92 Å². The Morgan fingerprint density at radius 1 is 1.37 bits per heavy atom. The number of hydrogen-bond donors (Lipinski definition) is 1. The van der Waals surface area contributed by atoms with E-state index in [0.717, 1.165) is 11.0 Å². The lowest BCUT2D eigenvalue weighted by molar-refractivity contribution is -0.869. The van der Waals surface area contributed by atoms with Crippen molar-refractivity contribution < 1.29 is 26.4 Å². The number of carbonyl (C=O) groups excluding carboxylic acids is 1. The average Bonchev–Trinajstić information content (AvgIpc) is 2.14. The molecule has 0 saturated heterocycles. The highest BCUT2D eigenvalue weighted by Gasteiger charge is 2.07. The minimum absolute atomic E-state index is 0.0524. The molecular weight excluding hydrogens is 272 g/mol. The van der Waals surface area contributed by atoms with E-state index in [0.29, 0.717) is 12.1 Å². The van der Waals surface area contributed by atoms with Crippen LogP contribution in [0.3, 0.4) is 0 Å². The van der Waals surface area contributed by atoms with Gasteiger partial charge in [-0.25, -0.2) is 8.42 Å². The molecule has 114 valence electrons. The van der Waals surface area contributed by atoms with Gasteiger partial charge in [0, 0.05) is 5.57 Å². The minimum atomic E-state index is -4.42. The van der Waals surface area contributed by atoms with Crippen molar-refractivity contribution in [3.63, 3.8) is 0 Å². The molecule has 19 heavy (non-hydrogen) atoms. The number of nitrogens with one attached hydrogen (secondary N) is 1. The van der Waals surface area contributed by atoms with Gasteiger partial charge in [0.2, 0.25) is 16.3 Å². The van der Waals surface area contributed by atoms with Gasteiger partial charge in [0.1, 0.15) is 0 Å². The van der Waals surface area contributed by atoms with Crippen molar-refractivity contribution in [3.8, 4) is 0 Å². The van der Waals surface area contributed by atoms with Crippen LogP contribution in [0.4, 0.5) is 0 Å². The number of hydrogen-bond acceptors (Lipinski definition) is 5. The maximum atomic E-state index is 11.0. The van der Waals surface area contributed by atoms with Gasteiger partial charge >= 0.3 is 0 Å². The Hall–Kier alpha value is -0.960. The molecule has 0 saturated carbocycles. The SMILES string of the molecule is C=C(C)C(=O)NCC[N+](C)(C)C.CCOS(=O)(=O)[O-]. The van der Waals surface area contributed by atoms with Crippen LogP contribution in [0, 0.1) is 0 Å². The average molecular weight is 296 g/mol. The molecule has 0 unspecified atom stereocenters. The van der Waals surface area contributed by atoms with Crippen LogP contribution in [0.2, 0.25) is 0 Å². The fourth-order valence-electron chi connectivity index (χ4n) is 0.800. The zero-order chi connectivity index (χ0) is 15.7. The summed E-state index contributed by atoms with van der Waals surface area (Å²) in [4.78, 5) is 11.0. The number of likely N-dealkylation sites (N-methyl/N-ethyl adjacent to an activating group) is 1. The van der Waals surface area contributed by atoms with Crippen LogP contribution in [-0.4, -0.2) is 64.2 Å². The summed E-state index contributed by atoms with van der Waals surface area (Å²) < 4.78 is 32.9. The summed E-state index contributed by atoms with van der Waals surface area (Å²) >= 11 is 0. The molecule has 0 aliphatic rings. The number of quaternary nitrogens is 1. The third kappa shape index (κ3) is 19.6. The predicted molar refractivity (Wildman–Crippen MR) is 72.0 cm³/mol. The largest absolute Gasteiger partial charge is 0.726 e. The van der Waals surface area contributed by atoms with Crippen LogP contribution >= 0.6 is 0 Å². The molecule has 0 aromatic heterocycles. The van der Waals surface area contributed by atoms with Gasteiger partial charge in [0.25, 0.3) is 0 Å². The predicted octanol–water partition coefficient (Wildman–Crippen LogP) is -0.132. The Morgan fingerprint density at radius 2 is 1.84 bits per heavy atom. The molecule has 0 aromatic carbocycles. The lowest BCUT2D eigenvalue weighted by Crippen LogP contribution is -2.41. The first-order valence-electron chi connectivity index (χ1n) is 5.73. The molecule has 0 aromatic rings. The molecule has 0 aliphatic carbocycles. The highest BCUT2D eigenvalue weighted by atomic mass is 32.3. The van der Waals surface area contributed by atoms with Gasteiger partial charge in [-0.2, -0.15) is 0 Å². The highest BCUT2D eigenvalue weighted by molar-refractivity contribution is 7.80. The first-order chi connectivity index (χ1) is 8.39. The van der Waals surface area contributed by atoms with Crippen molar-refractivity contribution in [1.82, 2.24) is 5.32 Å². The summed E-state index contributed by atoms with van der Waals surface area (Å²) in [6.45, 7) is 8.23. The van der Waals surface area contributed by atoms with Gasteiger partial charge in [0.05, 0.1) is 40.8 Å². The summed E-state index contributed by atoms with van der Waals surface area (Å²) in [7, 11) is 1.85. The van der Waals surface area contributed by atoms with E-state index in [2.05, 4.69) is 37.2 Å². The van der Waals surface area contributed by atoms with Crippen LogP contribution in [0.1, 0.15) is 13.8 Å². The molecule has 1 N–H and O–H groups in total. The Labute approximate surface area is 115 Å². The van der Waals surface area contributed by atoms with E-state index < -0.39 is 10.4 Å². The van der Waals surface area contributed by atoms with Crippen molar-refractivity contribution in [3.05, 3.63) is 12.2 Å². The topological polar surface area (TPSA) is 95.5 Å². The molecule has 8 heteroatoms. The van der Waals surface area contributed by atoms with Crippen LogP contribution in [0.15, 0.2) is 12.2 Å². The summed E-state index contributed by atoms with van der Waals surface area (Å²) in [6, 6.07) is 0. The van der Waals surface area contributed by atoms with Gasteiger partial charge in [-0.3, -0.25) is 8.98 Å². The first-order valence-corrected chi connectivity index (χ1v) is 7.06. The van der Waals surface area contributed by atoms with Crippen LogP contribution in [0.25, 0.3) is 0 Å². The molecule has 0 rings (SSSR count). The second-order valence-corrected chi connectivity index (χ2v) is 5.92. The molecule has 0 bridgehead atoms. The van der Waals surface area contributed by atoms with Gasteiger partial charge in [-0.05, 0) is 13.8 Å². The molecule has 7 nitrogen and oxygen atoms in total. The van der Waals surface area contributed by atoms with Crippen LogP contribution in [0.5, 0.6) is 0 Å². The monoisotopic (exact) mass is 296 g/mol. The van der Waals surface area contributed by atoms with Crippen molar-refractivity contribution >= 4 is 16.3 Å². The smallest absolute Gasteiger partial charge is 0.246 e. The molecule has 0 fully saturated rings. The second-order valence-electron chi connectivity index (χ2n) is 4.86. The normalized spacial score (nSPS) is 11.3. The van der Waals surface area contributed by atoms with Crippen molar-refractivity contribution in [1.29, 1.82) is 0 Å². The van der Waals surface area contributed by atoms with Crippen molar-refractivity contribution in [2.45, 2.75) is 13.8 Å². The maximum Gasteiger partial charge on any atom is 0.246 e. The minimum Gasteiger partial charge on any atom is -0.726 e. The van der Waals surface area contributed by atoms with Gasteiger partial charge in [-0.1, -0.05) is 6.58 Å². The fourth-order valence-corrected chi connectivity index (χ4v) is 1.09. The molecule has 0 spiro atoms. The summed E-state index contributed by atoms with van der Waals surface area (Å²) in [5.41, 5.74) is 0.566. The standard InChI is InChI=1S/C9H18N2O.C2H6O4S/c1-8(2)9(12)10-6-7-11(3,4)5;1-2-6-7(3,4)5/h1,6-7H2,2-5H3;2H2,1H3,(H,3,4,5). The van der Waals surface area contributed by atoms with E-state index in [-0.39, 0.29) is 12.5 Å². The third-order valence-electron chi connectivity index (χ3n) is 1.72. The summed E-state index contributed by atoms with van der Waals surface area (Å²) in [5.74, 6) is -0.0524. The van der Waals surface area contributed by atoms with Gasteiger partial charge in [0.15, 0.2) is 0 Å². The number of amides is 1. The molecule has 0 aliphatic heterocycles. The molecule has 0 heterocycles. The van der Waals surface area contributed by atoms with Gasteiger partial charge in [-0.15, -0.1) is 0 Å². The van der Waals surface area contributed by atoms with E-state index in [1.54, 1.807) is 6.92 Å². The maximum absolute atomic E-state index is 11.0. The van der Waals surface area contributed by atoms with Gasteiger partial charge < -0.3 is 14.4 Å². The Bertz CT molecular complexity index is 384. The van der Waals surface area contributed by atoms with E-state index in [9.17, 15) is 17.8 Å². The second kappa shape index (κ2) is 9.03. The Morgan fingerprint density at radius 3 is 2.05 bits per heavy atom. The van der Waals surface area contributed by atoms with Crippen LogP contribution < -0.4 is 5.32 Å². The number of rotatable bonds is 6. The van der Waals surface area contributed by atoms with Crippen molar-refractivity contribution in [2.24, 2.45) is 0 Å². The zero-order valence-corrected chi connectivity index (χ0v) is 13.0. The van der Waals surface area contributed by atoms with Crippen molar-refractivity contribution in [2.75, 3.05) is 40.8 Å². The lowest BCUT2D eigenvalue weighted by atomic mass is 10.3. The molecular formula is C11H24N2O5S. The fraction of sp³-hybridized carbons (Fsp3) is 0.727. The molecule has 0 atom stereocenters. The summed E-state index contributed by atoms with van der Waals surface area (Å²) in [5, 5.41) is 2.78. The first kappa shape index (κ1) is 20.4. The molecule has 1 amide bonds. The number of nitrogens with zero attached hydrogens (tertiary/aromatic N) is 1. The van der Waals surface area contributed by atoms with E-state index >= 15 is 0 Å². The van der Waals surface area contributed by atoms with E-state index in [1.807, 2.05) is 0 Å². The lowest BCUT2D eigenvalue weighted by Gasteiger charge is -2.23. The number of carbonyl (C=O) groups is 1. The third-order valence-corrected chi connectivity index (χ3v) is 2.24. The highest BCUT2D eigenvalue weighted by Crippen LogP contribution is 1.89. The Kier molecular flexibility index (Phi) is 9.67. The van der Waals surface area contributed by atoms with E-state index in [4.69, 9.17) is 0 Å².